The Bertz CT molecular complexity index is 459. The first-order chi connectivity index (χ1) is 7.13. The van der Waals surface area contributed by atoms with Crippen molar-refractivity contribution < 1.29 is 0 Å². The van der Waals surface area contributed by atoms with Crippen LogP contribution < -0.4 is 16.8 Å². The van der Waals surface area contributed by atoms with Crippen LogP contribution in [0, 0.1) is 6.92 Å². The van der Waals surface area contributed by atoms with E-state index in [4.69, 9.17) is 11.5 Å². The molecule has 0 amide bonds. The van der Waals surface area contributed by atoms with Crippen molar-refractivity contribution in [3.05, 3.63) is 17.1 Å². The molecule has 0 unspecified atom stereocenters. The second-order valence-electron chi connectivity index (χ2n) is 2.94. The van der Waals surface area contributed by atoms with E-state index in [1.807, 2.05) is 6.92 Å². The molecule has 0 aliphatic rings. The highest BCUT2D eigenvalue weighted by Crippen LogP contribution is 2.21. The summed E-state index contributed by atoms with van der Waals surface area (Å²) in [5.41, 5.74) is 11.0. The highest BCUT2D eigenvalue weighted by Gasteiger charge is 2.02. The fourth-order valence-corrected chi connectivity index (χ4v) is 1.74. The molecule has 0 saturated carbocycles. The second-order valence-corrected chi connectivity index (χ2v) is 4.17. The van der Waals surface area contributed by atoms with E-state index >= 15 is 0 Å². The number of aromatic nitrogens is 3. The third kappa shape index (κ3) is 2.32. The largest absolute Gasteiger partial charge is 0.383 e. The van der Waals surface area contributed by atoms with Gasteiger partial charge in [-0.25, -0.2) is 4.98 Å². The maximum atomic E-state index is 5.53. The molecule has 5 N–H and O–H groups in total. The van der Waals surface area contributed by atoms with E-state index in [-0.39, 0.29) is 5.95 Å². The number of hydrogen-bond donors (Lipinski definition) is 3. The van der Waals surface area contributed by atoms with Crippen LogP contribution in [0.4, 0.5) is 22.7 Å². The van der Waals surface area contributed by atoms with Gasteiger partial charge in [-0.05, 0) is 6.92 Å². The monoisotopic (exact) mass is 222 g/mol. The first kappa shape index (κ1) is 9.66. The standard InChI is InChI=1S/C8H10N6S/c1-4-3-11-8(15-4)14-6-2-5(9)12-7(10)13-6/h2-3H,1H3,(H5,9,10,11,12,13,14). The van der Waals surface area contributed by atoms with Gasteiger partial charge in [0.1, 0.15) is 11.6 Å². The summed E-state index contributed by atoms with van der Waals surface area (Å²) < 4.78 is 0. The Morgan fingerprint density at radius 1 is 1.33 bits per heavy atom. The number of nitrogens with one attached hydrogen (secondary N) is 1. The lowest BCUT2D eigenvalue weighted by molar-refractivity contribution is 1.19. The number of aryl methyl sites for hydroxylation is 1. The zero-order valence-electron chi connectivity index (χ0n) is 8.06. The van der Waals surface area contributed by atoms with Crippen molar-refractivity contribution in [2.75, 3.05) is 16.8 Å². The van der Waals surface area contributed by atoms with E-state index in [2.05, 4.69) is 20.3 Å². The zero-order chi connectivity index (χ0) is 10.8. The SMILES string of the molecule is Cc1cnc(Nc2cc(N)nc(N)n2)s1. The Morgan fingerprint density at radius 3 is 2.73 bits per heavy atom. The van der Waals surface area contributed by atoms with E-state index in [9.17, 15) is 0 Å². The third-order valence-corrected chi connectivity index (χ3v) is 2.45. The minimum absolute atomic E-state index is 0.144. The first-order valence-corrected chi connectivity index (χ1v) is 5.04. The summed E-state index contributed by atoms with van der Waals surface area (Å²) in [6.45, 7) is 1.98. The molecule has 0 saturated heterocycles. The van der Waals surface area contributed by atoms with Crippen LogP contribution in [0.25, 0.3) is 0 Å². The molecule has 78 valence electrons. The van der Waals surface area contributed by atoms with Gasteiger partial charge in [-0.15, -0.1) is 11.3 Å². The predicted octanol–water partition coefficient (Wildman–Crippen LogP) is 1.15. The van der Waals surface area contributed by atoms with E-state index < -0.39 is 0 Å². The minimum Gasteiger partial charge on any atom is -0.383 e. The van der Waals surface area contributed by atoms with Gasteiger partial charge in [-0.1, -0.05) is 0 Å². The van der Waals surface area contributed by atoms with Crippen LogP contribution in [-0.2, 0) is 0 Å². The lowest BCUT2D eigenvalue weighted by Crippen LogP contribution is -2.02. The van der Waals surface area contributed by atoms with Crippen LogP contribution in [0.3, 0.4) is 0 Å². The minimum atomic E-state index is 0.144. The first-order valence-electron chi connectivity index (χ1n) is 4.23. The van der Waals surface area contributed by atoms with Gasteiger partial charge in [0, 0.05) is 17.1 Å². The van der Waals surface area contributed by atoms with Gasteiger partial charge in [0.15, 0.2) is 5.13 Å². The van der Waals surface area contributed by atoms with Crippen molar-refractivity contribution in [3.63, 3.8) is 0 Å². The number of nitrogens with zero attached hydrogens (tertiary/aromatic N) is 3. The van der Waals surface area contributed by atoms with Crippen LogP contribution in [0.5, 0.6) is 0 Å². The van der Waals surface area contributed by atoms with Crippen LogP contribution >= 0.6 is 11.3 Å². The number of nitrogens with two attached hydrogens (primary N) is 2. The van der Waals surface area contributed by atoms with Gasteiger partial charge < -0.3 is 16.8 Å². The molecule has 0 fully saturated rings. The highest BCUT2D eigenvalue weighted by atomic mass is 32.1. The number of thiazole rings is 1. The summed E-state index contributed by atoms with van der Waals surface area (Å²) in [5.74, 6) is 1.03. The molecule has 0 aliphatic heterocycles. The topological polar surface area (TPSA) is 103 Å². The fourth-order valence-electron chi connectivity index (χ4n) is 1.07. The van der Waals surface area contributed by atoms with Crippen molar-refractivity contribution >= 4 is 34.1 Å². The van der Waals surface area contributed by atoms with E-state index in [0.717, 1.165) is 10.0 Å². The Labute approximate surface area is 90.4 Å². The molecule has 0 radical (unpaired) electrons. The Balaban J connectivity index is 2.24. The lowest BCUT2D eigenvalue weighted by atomic mass is 10.5. The van der Waals surface area contributed by atoms with Gasteiger partial charge in [-0.2, -0.15) is 9.97 Å². The van der Waals surface area contributed by atoms with E-state index in [0.29, 0.717) is 11.6 Å². The average molecular weight is 222 g/mol. The molecule has 0 aromatic carbocycles. The molecule has 2 aromatic heterocycles. The van der Waals surface area contributed by atoms with Gasteiger partial charge in [0.05, 0.1) is 0 Å². The lowest BCUT2D eigenvalue weighted by Gasteiger charge is -2.02. The molecule has 15 heavy (non-hydrogen) atoms. The van der Waals surface area contributed by atoms with Gasteiger partial charge in [-0.3, -0.25) is 0 Å². The Morgan fingerprint density at radius 2 is 2.13 bits per heavy atom. The summed E-state index contributed by atoms with van der Waals surface area (Å²) in [4.78, 5) is 13.0. The fraction of sp³-hybridized carbons (Fsp3) is 0.125. The number of nitrogen functional groups attached to an aromatic ring is 2. The van der Waals surface area contributed by atoms with Crippen LogP contribution in [-0.4, -0.2) is 15.0 Å². The third-order valence-electron chi connectivity index (χ3n) is 1.62. The Hall–Kier alpha value is -1.89. The van der Waals surface area contributed by atoms with E-state index in [1.54, 1.807) is 12.3 Å². The van der Waals surface area contributed by atoms with Crippen LogP contribution in [0.2, 0.25) is 0 Å². The summed E-state index contributed by atoms with van der Waals surface area (Å²) in [5, 5.41) is 3.76. The normalized spacial score (nSPS) is 10.2. The molecule has 0 spiro atoms. The van der Waals surface area contributed by atoms with Gasteiger partial charge >= 0.3 is 0 Å². The van der Waals surface area contributed by atoms with Crippen molar-refractivity contribution in [2.24, 2.45) is 0 Å². The van der Waals surface area contributed by atoms with Crippen LogP contribution in [0.15, 0.2) is 12.3 Å². The van der Waals surface area contributed by atoms with Gasteiger partial charge in [0.25, 0.3) is 0 Å². The molecular formula is C8H10N6S. The summed E-state index contributed by atoms with van der Waals surface area (Å²) in [7, 11) is 0. The summed E-state index contributed by atoms with van der Waals surface area (Å²) in [6, 6.07) is 1.60. The second kappa shape index (κ2) is 3.70. The molecule has 0 bridgehead atoms. The number of rotatable bonds is 2. The molecule has 6 nitrogen and oxygen atoms in total. The molecule has 2 rings (SSSR count). The highest BCUT2D eigenvalue weighted by molar-refractivity contribution is 7.15. The van der Waals surface area contributed by atoms with Crippen molar-refractivity contribution in [1.82, 2.24) is 15.0 Å². The van der Waals surface area contributed by atoms with Crippen molar-refractivity contribution in [2.45, 2.75) is 6.92 Å². The van der Waals surface area contributed by atoms with Gasteiger partial charge in [0.2, 0.25) is 5.95 Å². The molecule has 0 atom stereocenters. The molecule has 2 aromatic rings. The molecular weight excluding hydrogens is 212 g/mol. The Kier molecular flexibility index (Phi) is 2.38. The molecule has 2 heterocycles. The smallest absolute Gasteiger partial charge is 0.223 e. The summed E-state index contributed by atoms with van der Waals surface area (Å²) >= 11 is 1.53. The zero-order valence-corrected chi connectivity index (χ0v) is 8.88. The maximum Gasteiger partial charge on any atom is 0.223 e. The predicted molar refractivity (Wildman–Crippen MR) is 61.0 cm³/mol. The van der Waals surface area contributed by atoms with Crippen LogP contribution in [0.1, 0.15) is 4.88 Å². The average Bonchev–Trinajstić information content (AvgIpc) is 2.49. The maximum absolute atomic E-state index is 5.53. The molecule has 0 aliphatic carbocycles. The van der Waals surface area contributed by atoms with Crippen molar-refractivity contribution in [3.8, 4) is 0 Å². The quantitative estimate of drug-likeness (QED) is 0.704. The molecule has 7 heteroatoms. The number of anilines is 4. The number of hydrogen-bond acceptors (Lipinski definition) is 7. The van der Waals surface area contributed by atoms with E-state index in [1.165, 1.54) is 11.3 Å². The summed E-state index contributed by atoms with van der Waals surface area (Å²) in [6.07, 6.45) is 1.78. The van der Waals surface area contributed by atoms with Crippen molar-refractivity contribution in [1.29, 1.82) is 0 Å².